The maximum atomic E-state index is 12.7. The fourth-order valence-corrected chi connectivity index (χ4v) is 4.69. The quantitative estimate of drug-likeness (QED) is 0.818. The molecule has 7 heteroatoms. The highest BCUT2D eigenvalue weighted by atomic mass is 35.5. The molecule has 2 fully saturated rings. The molecule has 0 bridgehead atoms. The van der Waals surface area contributed by atoms with E-state index in [-0.39, 0.29) is 16.0 Å². The molecule has 0 radical (unpaired) electrons. The summed E-state index contributed by atoms with van der Waals surface area (Å²) in [7, 11) is -3.52. The summed E-state index contributed by atoms with van der Waals surface area (Å²) in [5.74, 6) is 0. The van der Waals surface area contributed by atoms with Gasteiger partial charge in [0.25, 0.3) is 0 Å². The maximum Gasteiger partial charge on any atom is 0.244 e. The van der Waals surface area contributed by atoms with E-state index >= 15 is 0 Å². The van der Waals surface area contributed by atoms with E-state index in [0.717, 1.165) is 19.7 Å². The van der Waals surface area contributed by atoms with Gasteiger partial charge in [0.05, 0.1) is 18.2 Å². The third kappa shape index (κ3) is 2.58. The molecule has 110 valence electrons. The summed E-state index contributed by atoms with van der Waals surface area (Å²) < 4.78 is 32.3. The van der Waals surface area contributed by atoms with Gasteiger partial charge in [0, 0.05) is 32.2 Å². The molecular weight excluding hydrogens is 300 g/mol. The molecule has 0 amide bonds. The predicted molar refractivity (Wildman–Crippen MR) is 76.4 cm³/mol. The summed E-state index contributed by atoms with van der Waals surface area (Å²) in [6.07, 6.45) is 0. The zero-order chi connectivity index (χ0) is 14.2. The second-order valence-corrected chi connectivity index (χ2v) is 7.37. The first-order chi connectivity index (χ1) is 9.59. The maximum absolute atomic E-state index is 12.7. The lowest BCUT2D eigenvalue weighted by molar-refractivity contribution is -0.0304. The molecule has 1 aromatic carbocycles. The van der Waals surface area contributed by atoms with Crippen molar-refractivity contribution in [1.82, 2.24) is 9.21 Å². The highest BCUT2D eigenvalue weighted by Gasteiger charge is 2.36. The van der Waals surface area contributed by atoms with Gasteiger partial charge < -0.3 is 4.74 Å². The largest absolute Gasteiger partial charge is 0.378 e. The van der Waals surface area contributed by atoms with Gasteiger partial charge >= 0.3 is 0 Å². The summed E-state index contributed by atoms with van der Waals surface area (Å²) in [4.78, 5) is 2.48. The van der Waals surface area contributed by atoms with Crippen molar-refractivity contribution in [3.63, 3.8) is 0 Å². The fraction of sp³-hybridized carbons (Fsp3) is 0.538. The van der Waals surface area contributed by atoms with E-state index < -0.39 is 10.0 Å². The molecule has 0 N–H and O–H groups in total. The first-order valence-electron chi connectivity index (χ1n) is 6.65. The number of fused-ring (bicyclic) bond motifs is 1. The standard InChI is InChI=1S/C13H17ClN2O3S/c14-12-3-1-2-4-13(12)20(17,18)16-6-5-15-7-8-19-10-11(15)9-16/h1-4,11H,5-10H2/t11-/m1/s1. The van der Waals surface area contributed by atoms with Crippen molar-refractivity contribution < 1.29 is 13.2 Å². The molecule has 3 rings (SSSR count). The number of sulfonamides is 1. The van der Waals surface area contributed by atoms with Gasteiger partial charge in [-0.1, -0.05) is 23.7 Å². The minimum absolute atomic E-state index is 0.148. The topological polar surface area (TPSA) is 49.9 Å². The van der Waals surface area contributed by atoms with Crippen LogP contribution in [0.5, 0.6) is 0 Å². The predicted octanol–water partition coefficient (Wildman–Crippen LogP) is 1.05. The van der Waals surface area contributed by atoms with Gasteiger partial charge in [0.1, 0.15) is 4.90 Å². The Morgan fingerprint density at radius 3 is 2.80 bits per heavy atom. The molecule has 0 aliphatic carbocycles. The molecule has 0 saturated carbocycles. The van der Waals surface area contributed by atoms with Gasteiger partial charge in [0.15, 0.2) is 0 Å². The van der Waals surface area contributed by atoms with Crippen molar-refractivity contribution in [3.05, 3.63) is 29.3 Å². The summed E-state index contributed by atoms with van der Waals surface area (Å²) in [6, 6.07) is 6.73. The molecule has 1 aromatic rings. The number of hydrogen-bond donors (Lipinski definition) is 0. The molecule has 0 aromatic heterocycles. The van der Waals surface area contributed by atoms with Crippen molar-refractivity contribution in [2.24, 2.45) is 0 Å². The van der Waals surface area contributed by atoms with Crippen molar-refractivity contribution in [2.75, 3.05) is 39.4 Å². The van der Waals surface area contributed by atoms with E-state index in [1.165, 1.54) is 4.31 Å². The second kappa shape index (κ2) is 5.61. The Kier molecular flexibility index (Phi) is 4.01. The summed E-state index contributed by atoms with van der Waals surface area (Å²) >= 11 is 6.02. The van der Waals surface area contributed by atoms with Crippen LogP contribution in [0, 0.1) is 0 Å². The summed E-state index contributed by atoms with van der Waals surface area (Å²) in [5.41, 5.74) is 0. The number of rotatable bonds is 2. The van der Waals surface area contributed by atoms with Crippen LogP contribution in [0.2, 0.25) is 5.02 Å². The normalized spacial score (nSPS) is 25.4. The third-order valence-electron chi connectivity index (χ3n) is 3.85. The zero-order valence-electron chi connectivity index (χ0n) is 11.0. The van der Waals surface area contributed by atoms with Crippen LogP contribution in [0.4, 0.5) is 0 Å². The molecule has 0 unspecified atom stereocenters. The first-order valence-corrected chi connectivity index (χ1v) is 8.47. The Morgan fingerprint density at radius 2 is 2.00 bits per heavy atom. The van der Waals surface area contributed by atoms with Crippen molar-refractivity contribution in [2.45, 2.75) is 10.9 Å². The van der Waals surface area contributed by atoms with Gasteiger partial charge in [0.2, 0.25) is 10.0 Å². The lowest BCUT2D eigenvalue weighted by Crippen LogP contribution is -2.58. The molecule has 2 aliphatic rings. The van der Waals surface area contributed by atoms with E-state index in [1.807, 2.05) is 0 Å². The van der Waals surface area contributed by atoms with Crippen LogP contribution in [-0.2, 0) is 14.8 Å². The minimum Gasteiger partial charge on any atom is -0.378 e. The van der Waals surface area contributed by atoms with Crippen molar-refractivity contribution in [1.29, 1.82) is 0 Å². The smallest absolute Gasteiger partial charge is 0.244 e. The van der Waals surface area contributed by atoms with Crippen LogP contribution in [-0.4, -0.2) is 63.1 Å². The Hall–Kier alpha value is -0.660. The highest BCUT2D eigenvalue weighted by molar-refractivity contribution is 7.89. The van der Waals surface area contributed by atoms with Gasteiger partial charge in [-0.15, -0.1) is 0 Å². The van der Waals surface area contributed by atoms with E-state index in [2.05, 4.69) is 4.90 Å². The van der Waals surface area contributed by atoms with Crippen molar-refractivity contribution >= 4 is 21.6 Å². The molecule has 2 aliphatic heterocycles. The number of piperazine rings is 1. The van der Waals surface area contributed by atoms with Gasteiger partial charge in [-0.2, -0.15) is 4.31 Å². The Bertz CT molecular complexity index is 593. The summed E-state index contributed by atoms with van der Waals surface area (Å²) in [6.45, 7) is 3.92. The number of ether oxygens (including phenoxy) is 1. The third-order valence-corrected chi connectivity index (χ3v) is 6.22. The fourth-order valence-electron chi connectivity index (χ4n) is 2.73. The Balaban J connectivity index is 1.84. The first kappa shape index (κ1) is 14.3. The van der Waals surface area contributed by atoms with E-state index in [0.29, 0.717) is 19.7 Å². The van der Waals surface area contributed by atoms with Crippen LogP contribution in [0.15, 0.2) is 29.2 Å². The zero-order valence-corrected chi connectivity index (χ0v) is 12.6. The minimum atomic E-state index is -3.52. The van der Waals surface area contributed by atoms with Crippen LogP contribution >= 0.6 is 11.6 Å². The number of benzene rings is 1. The average molecular weight is 317 g/mol. The van der Waals surface area contributed by atoms with Gasteiger partial charge in [-0.25, -0.2) is 8.42 Å². The average Bonchev–Trinajstić information content (AvgIpc) is 2.47. The molecule has 1 atom stereocenters. The van der Waals surface area contributed by atoms with Gasteiger partial charge in [-0.05, 0) is 12.1 Å². The van der Waals surface area contributed by atoms with E-state index in [9.17, 15) is 8.42 Å². The Morgan fingerprint density at radius 1 is 1.20 bits per heavy atom. The van der Waals surface area contributed by atoms with Crippen LogP contribution in [0.25, 0.3) is 0 Å². The number of hydrogen-bond acceptors (Lipinski definition) is 4. The van der Waals surface area contributed by atoms with E-state index in [1.54, 1.807) is 24.3 Å². The van der Waals surface area contributed by atoms with E-state index in [4.69, 9.17) is 16.3 Å². The molecule has 0 spiro atoms. The summed E-state index contributed by atoms with van der Waals surface area (Å²) in [5, 5.41) is 0.273. The number of halogens is 1. The number of morpholine rings is 1. The van der Waals surface area contributed by atoms with Crippen LogP contribution < -0.4 is 0 Å². The van der Waals surface area contributed by atoms with Gasteiger partial charge in [-0.3, -0.25) is 4.90 Å². The monoisotopic (exact) mass is 316 g/mol. The molecule has 20 heavy (non-hydrogen) atoms. The molecule has 2 heterocycles. The van der Waals surface area contributed by atoms with Crippen LogP contribution in [0.3, 0.4) is 0 Å². The lowest BCUT2D eigenvalue weighted by Gasteiger charge is -2.43. The van der Waals surface area contributed by atoms with Crippen molar-refractivity contribution in [3.8, 4) is 0 Å². The highest BCUT2D eigenvalue weighted by Crippen LogP contribution is 2.26. The number of nitrogens with zero attached hydrogens (tertiary/aromatic N) is 2. The molecular formula is C13H17ClN2O3S. The second-order valence-electron chi connectivity index (χ2n) is 5.06. The molecule has 2 saturated heterocycles. The lowest BCUT2D eigenvalue weighted by atomic mass is 10.2. The SMILES string of the molecule is O=S(=O)(c1ccccc1Cl)N1CCN2CCOC[C@H]2C1. The Labute approximate surface area is 124 Å². The van der Waals surface area contributed by atoms with Crippen LogP contribution in [0.1, 0.15) is 0 Å². The molecule has 5 nitrogen and oxygen atoms in total.